The largest absolute Gasteiger partial charge is 0.341 e. The van der Waals surface area contributed by atoms with Crippen LogP contribution < -0.4 is 5.73 Å². The first-order valence-corrected chi connectivity index (χ1v) is 7.73. The number of benzene rings is 1. The molecule has 21 heavy (non-hydrogen) atoms. The Bertz CT molecular complexity index is 589. The van der Waals surface area contributed by atoms with Gasteiger partial charge in [0, 0.05) is 25.1 Å². The Balaban J connectivity index is 1.62. The average Bonchev–Trinajstić information content (AvgIpc) is 2.96. The van der Waals surface area contributed by atoms with E-state index < -0.39 is 0 Å². The lowest BCUT2D eigenvalue weighted by atomic mass is 10.1. The molecule has 1 aromatic rings. The SMILES string of the molecule is CN(Cc1cccc(C#CCN)c1)C(=O)C1C2CCCC21. The van der Waals surface area contributed by atoms with Crippen LogP contribution in [0.4, 0.5) is 0 Å². The minimum atomic E-state index is 0.309. The van der Waals surface area contributed by atoms with Crippen molar-refractivity contribution in [1.29, 1.82) is 0 Å². The fraction of sp³-hybridized carbons (Fsp3) is 0.500. The standard InChI is InChI=1S/C18H22N2O/c1-20(18(21)17-15-8-3-9-16(15)17)12-14-6-2-5-13(11-14)7-4-10-19/h2,5-6,11,15-17H,3,8-10,12,19H2,1H3. The van der Waals surface area contributed by atoms with E-state index in [0.29, 0.717) is 36.8 Å². The van der Waals surface area contributed by atoms with E-state index in [1.165, 1.54) is 19.3 Å². The highest BCUT2D eigenvalue weighted by molar-refractivity contribution is 5.82. The van der Waals surface area contributed by atoms with Gasteiger partial charge in [0.2, 0.25) is 5.91 Å². The molecule has 0 heterocycles. The first kappa shape index (κ1) is 14.2. The second-order valence-electron chi connectivity index (χ2n) is 6.18. The van der Waals surface area contributed by atoms with Gasteiger partial charge in [-0.15, -0.1) is 0 Å². The Morgan fingerprint density at radius 3 is 2.86 bits per heavy atom. The summed E-state index contributed by atoms with van der Waals surface area (Å²) in [5, 5.41) is 0. The monoisotopic (exact) mass is 282 g/mol. The first-order valence-electron chi connectivity index (χ1n) is 7.73. The predicted octanol–water partition coefficient (Wildman–Crippen LogP) is 2.00. The van der Waals surface area contributed by atoms with Gasteiger partial charge in [-0.05, 0) is 42.4 Å². The second kappa shape index (κ2) is 5.91. The van der Waals surface area contributed by atoms with Crippen molar-refractivity contribution in [2.24, 2.45) is 23.5 Å². The molecule has 2 aliphatic carbocycles. The van der Waals surface area contributed by atoms with Gasteiger partial charge in [0.25, 0.3) is 0 Å². The summed E-state index contributed by atoms with van der Waals surface area (Å²) in [6.07, 6.45) is 3.81. The lowest BCUT2D eigenvalue weighted by Crippen LogP contribution is -2.29. The predicted molar refractivity (Wildman–Crippen MR) is 83.2 cm³/mol. The number of fused-ring (bicyclic) bond motifs is 1. The number of hydrogen-bond donors (Lipinski definition) is 1. The topological polar surface area (TPSA) is 46.3 Å². The highest BCUT2D eigenvalue weighted by atomic mass is 16.2. The van der Waals surface area contributed by atoms with Crippen LogP contribution in [0, 0.1) is 29.6 Å². The van der Waals surface area contributed by atoms with E-state index in [1.807, 2.05) is 36.2 Å². The zero-order valence-electron chi connectivity index (χ0n) is 12.5. The van der Waals surface area contributed by atoms with Crippen molar-refractivity contribution < 1.29 is 4.79 Å². The lowest BCUT2D eigenvalue weighted by molar-refractivity contribution is -0.132. The normalized spacial score (nSPS) is 25.7. The zero-order chi connectivity index (χ0) is 14.8. The van der Waals surface area contributed by atoms with Gasteiger partial charge < -0.3 is 10.6 Å². The fourth-order valence-electron chi connectivity index (χ4n) is 3.69. The van der Waals surface area contributed by atoms with Crippen molar-refractivity contribution in [3.05, 3.63) is 35.4 Å². The van der Waals surface area contributed by atoms with Crippen molar-refractivity contribution in [1.82, 2.24) is 4.90 Å². The van der Waals surface area contributed by atoms with Gasteiger partial charge in [0.05, 0.1) is 6.54 Å². The minimum absolute atomic E-state index is 0.309. The Morgan fingerprint density at radius 2 is 2.14 bits per heavy atom. The van der Waals surface area contributed by atoms with E-state index in [4.69, 9.17) is 5.73 Å². The molecule has 0 aromatic heterocycles. The van der Waals surface area contributed by atoms with Crippen LogP contribution in [-0.2, 0) is 11.3 Å². The molecule has 0 spiro atoms. The molecule has 1 aromatic carbocycles. The van der Waals surface area contributed by atoms with E-state index in [1.54, 1.807) is 0 Å². The van der Waals surface area contributed by atoms with Crippen LogP contribution in [0.5, 0.6) is 0 Å². The Kier molecular flexibility index (Phi) is 3.98. The number of carbonyl (C=O) groups is 1. The molecule has 0 aliphatic heterocycles. The molecular weight excluding hydrogens is 260 g/mol. The third kappa shape index (κ3) is 2.96. The number of carbonyl (C=O) groups excluding carboxylic acids is 1. The van der Waals surface area contributed by atoms with Crippen molar-refractivity contribution in [2.75, 3.05) is 13.6 Å². The maximum absolute atomic E-state index is 12.5. The molecule has 110 valence electrons. The summed E-state index contributed by atoms with van der Waals surface area (Å²) < 4.78 is 0. The molecular formula is C18H22N2O. The van der Waals surface area contributed by atoms with Gasteiger partial charge in [-0.25, -0.2) is 0 Å². The lowest BCUT2D eigenvalue weighted by Gasteiger charge is -2.18. The summed E-state index contributed by atoms with van der Waals surface area (Å²) in [5.41, 5.74) is 7.48. The highest BCUT2D eigenvalue weighted by Gasteiger charge is 2.57. The molecule has 2 saturated carbocycles. The molecule has 1 amide bonds. The molecule has 2 aliphatic rings. The molecule has 3 heteroatoms. The summed E-state index contributed by atoms with van der Waals surface area (Å²) in [4.78, 5) is 14.3. The van der Waals surface area contributed by atoms with Gasteiger partial charge in [-0.2, -0.15) is 0 Å². The van der Waals surface area contributed by atoms with Crippen molar-refractivity contribution in [3.8, 4) is 11.8 Å². The van der Waals surface area contributed by atoms with Crippen LogP contribution in [0.3, 0.4) is 0 Å². The van der Waals surface area contributed by atoms with E-state index in [2.05, 4.69) is 11.8 Å². The maximum atomic E-state index is 12.5. The summed E-state index contributed by atoms with van der Waals surface area (Å²) in [5.74, 6) is 7.89. The van der Waals surface area contributed by atoms with Crippen LogP contribution in [-0.4, -0.2) is 24.4 Å². The molecule has 3 rings (SSSR count). The van der Waals surface area contributed by atoms with Gasteiger partial charge in [0.1, 0.15) is 0 Å². The van der Waals surface area contributed by atoms with Crippen LogP contribution in [0.1, 0.15) is 30.4 Å². The van der Waals surface area contributed by atoms with Gasteiger partial charge >= 0.3 is 0 Å². The fourth-order valence-corrected chi connectivity index (χ4v) is 3.69. The number of amides is 1. The van der Waals surface area contributed by atoms with Gasteiger partial charge in [-0.1, -0.05) is 30.4 Å². The summed E-state index contributed by atoms with van der Waals surface area (Å²) in [6, 6.07) is 8.05. The summed E-state index contributed by atoms with van der Waals surface area (Å²) >= 11 is 0. The first-order chi connectivity index (χ1) is 10.2. The molecule has 2 fully saturated rings. The summed E-state index contributed by atoms with van der Waals surface area (Å²) in [7, 11) is 1.91. The van der Waals surface area contributed by atoms with Crippen LogP contribution in [0.15, 0.2) is 24.3 Å². The van der Waals surface area contributed by atoms with E-state index in [-0.39, 0.29) is 0 Å². The number of nitrogens with two attached hydrogens (primary N) is 1. The van der Waals surface area contributed by atoms with E-state index in [0.717, 1.165) is 11.1 Å². The quantitative estimate of drug-likeness (QED) is 0.862. The van der Waals surface area contributed by atoms with Gasteiger partial charge in [0.15, 0.2) is 0 Å². The minimum Gasteiger partial charge on any atom is -0.341 e. The number of nitrogens with zero attached hydrogens (tertiary/aromatic N) is 1. The third-order valence-electron chi connectivity index (χ3n) is 4.75. The van der Waals surface area contributed by atoms with Crippen molar-refractivity contribution in [3.63, 3.8) is 0 Å². The molecule has 2 atom stereocenters. The van der Waals surface area contributed by atoms with Crippen molar-refractivity contribution >= 4 is 5.91 Å². The number of hydrogen-bond acceptors (Lipinski definition) is 2. The highest BCUT2D eigenvalue weighted by Crippen LogP contribution is 2.58. The van der Waals surface area contributed by atoms with E-state index >= 15 is 0 Å². The zero-order valence-corrected chi connectivity index (χ0v) is 12.5. The number of rotatable bonds is 3. The average molecular weight is 282 g/mol. The molecule has 0 radical (unpaired) electrons. The third-order valence-corrected chi connectivity index (χ3v) is 4.75. The van der Waals surface area contributed by atoms with E-state index in [9.17, 15) is 4.79 Å². The molecule has 2 unspecified atom stereocenters. The van der Waals surface area contributed by atoms with Gasteiger partial charge in [-0.3, -0.25) is 4.79 Å². The Morgan fingerprint density at radius 1 is 1.38 bits per heavy atom. The maximum Gasteiger partial charge on any atom is 0.226 e. The van der Waals surface area contributed by atoms with Crippen LogP contribution in [0.2, 0.25) is 0 Å². The Hall–Kier alpha value is -1.79. The smallest absolute Gasteiger partial charge is 0.226 e. The van der Waals surface area contributed by atoms with Crippen molar-refractivity contribution in [2.45, 2.75) is 25.8 Å². The molecule has 3 nitrogen and oxygen atoms in total. The van der Waals surface area contributed by atoms with Crippen LogP contribution in [0.25, 0.3) is 0 Å². The second-order valence-corrected chi connectivity index (χ2v) is 6.18. The Labute approximate surface area is 126 Å². The molecule has 2 N–H and O–H groups in total. The molecule has 0 saturated heterocycles. The molecule has 0 bridgehead atoms. The van der Waals surface area contributed by atoms with Crippen LogP contribution >= 0.6 is 0 Å². The summed E-state index contributed by atoms with van der Waals surface area (Å²) in [6.45, 7) is 1.03.